The van der Waals surface area contributed by atoms with Crippen LogP contribution in [0.1, 0.15) is 19.4 Å². The molecule has 0 radical (unpaired) electrons. The van der Waals surface area contributed by atoms with Crippen molar-refractivity contribution in [3.63, 3.8) is 0 Å². The third kappa shape index (κ3) is 4.11. The lowest BCUT2D eigenvalue weighted by Gasteiger charge is -2.10. The van der Waals surface area contributed by atoms with Gasteiger partial charge in [-0.3, -0.25) is 0 Å². The summed E-state index contributed by atoms with van der Waals surface area (Å²) in [5.41, 5.74) is 0.154. The van der Waals surface area contributed by atoms with Crippen LogP contribution in [0.4, 0.5) is 0 Å². The first-order chi connectivity index (χ1) is 8.47. The van der Waals surface area contributed by atoms with E-state index in [1.54, 1.807) is 12.1 Å². The maximum absolute atomic E-state index is 12.0. The van der Waals surface area contributed by atoms with Crippen LogP contribution in [0.3, 0.4) is 0 Å². The Hall–Kier alpha value is -1.42. The molecule has 98 valence electrons. The van der Waals surface area contributed by atoms with Crippen LogP contribution in [0.2, 0.25) is 0 Å². The summed E-state index contributed by atoms with van der Waals surface area (Å²) in [6, 6.07) is 8.33. The van der Waals surface area contributed by atoms with Crippen LogP contribution in [-0.4, -0.2) is 27.5 Å². The minimum absolute atomic E-state index is 0.0250. The molecule has 6 heteroatoms. The second-order valence-corrected chi connectivity index (χ2v) is 5.85. The highest BCUT2D eigenvalue weighted by Crippen LogP contribution is 2.13. The van der Waals surface area contributed by atoms with Crippen molar-refractivity contribution in [2.45, 2.75) is 24.8 Å². The Bertz CT molecular complexity index is 532. The van der Waals surface area contributed by atoms with Crippen LogP contribution >= 0.6 is 0 Å². The van der Waals surface area contributed by atoms with E-state index in [9.17, 15) is 8.42 Å². The van der Waals surface area contributed by atoms with Crippen molar-refractivity contribution < 1.29 is 8.42 Å². The molecular formula is C12H17N3O2S. The van der Waals surface area contributed by atoms with Crippen molar-refractivity contribution in [3.05, 3.63) is 29.8 Å². The van der Waals surface area contributed by atoms with Gasteiger partial charge in [0.1, 0.15) is 6.07 Å². The fraction of sp³-hybridized carbons (Fsp3) is 0.417. The molecule has 1 aromatic rings. The first-order valence-electron chi connectivity index (χ1n) is 5.69. The molecule has 0 fully saturated rings. The average molecular weight is 267 g/mol. The summed E-state index contributed by atoms with van der Waals surface area (Å²) in [4.78, 5) is 0.0250. The number of hydrogen-bond donors (Lipinski definition) is 2. The number of nitriles is 1. The number of nitrogens with one attached hydrogen (secondary N) is 2. The van der Waals surface area contributed by atoms with Crippen molar-refractivity contribution in [2.75, 3.05) is 13.1 Å². The molecule has 2 N–H and O–H groups in total. The molecule has 0 amide bonds. The second kappa shape index (κ2) is 6.50. The molecule has 1 aromatic carbocycles. The largest absolute Gasteiger partial charge is 0.313 e. The summed E-state index contributed by atoms with van der Waals surface area (Å²) < 4.78 is 26.4. The third-order valence-electron chi connectivity index (χ3n) is 2.27. The highest BCUT2D eigenvalue weighted by Gasteiger charge is 2.17. The predicted molar refractivity (Wildman–Crippen MR) is 69.5 cm³/mol. The maximum Gasteiger partial charge on any atom is 0.241 e. The molecular weight excluding hydrogens is 250 g/mol. The van der Waals surface area contributed by atoms with E-state index in [4.69, 9.17) is 5.26 Å². The summed E-state index contributed by atoms with van der Waals surface area (Å²) in [5.74, 6) is 0. The number of benzene rings is 1. The van der Waals surface area contributed by atoms with Crippen molar-refractivity contribution in [1.82, 2.24) is 10.0 Å². The van der Waals surface area contributed by atoms with Crippen LogP contribution in [0.25, 0.3) is 0 Å². The van der Waals surface area contributed by atoms with Gasteiger partial charge in [-0.2, -0.15) is 5.26 Å². The van der Waals surface area contributed by atoms with Gasteiger partial charge in [0, 0.05) is 19.1 Å². The van der Waals surface area contributed by atoms with Gasteiger partial charge in [0.25, 0.3) is 0 Å². The van der Waals surface area contributed by atoms with Crippen LogP contribution < -0.4 is 10.0 Å². The van der Waals surface area contributed by atoms with Crippen molar-refractivity contribution in [2.24, 2.45) is 0 Å². The van der Waals surface area contributed by atoms with Crippen molar-refractivity contribution in [1.29, 1.82) is 5.26 Å². The van der Waals surface area contributed by atoms with Gasteiger partial charge in [-0.05, 0) is 12.1 Å². The van der Waals surface area contributed by atoms with Crippen LogP contribution in [0.15, 0.2) is 29.2 Å². The van der Waals surface area contributed by atoms with Gasteiger partial charge < -0.3 is 5.32 Å². The Labute approximate surface area is 108 Å². The first-order valence-corrected chi connectivity index (χ1v) is 7.18. The van der Waals surface area contributed by atoms with E-state index in [0.29, 0.717) is 19.1 Å². The molecule has 0 saturated carbocycles. The van der Waals surface area contributed by atoms with Gasteiger partial charge in [0.2, 0.25) is 10.0 Å². The van der Waals surface area contributed by atoms with Gasteiger partial charge >= 0.3 is 0 Å². The average Bonchev–Trinajstić information content (AvgIpc) is 2.34. The van der Waals surface area contributed by atoms with Gasteiger partial charge in [0.15, 0.2) is 0 Å². The summed E-state index contributed by atoms with van der Waals surface area (Å²) in [6.45, 7) is 4.81. The summed E-state index contributed by atoms with van der Waals surface area (Å²) in [5, 5.41) is 12.0. The van der Waals surface area contributed by atoms with Crippen LogP contribution in [0.5, 0.6) is 0 Å². The predicted octanol–water partition coefficient (Wildman–Crippen LogP) is 0.835. The molecule has 18 heavy (non-hydrogen) atoms. The molecule has 0 aliphatic carbocycles. The van der Waals surface area contributed by atoms with Gasteiger partial charge in [-0.1, -0.05) is 26.0 Å². The Kier molecular flexibility index (Phi) is 5.28. The Balaban J connectivity index is 2.72. The quantitative estimate of drug-likeness (QED) is 0.748. The Morgan fingerprint density at radius 2 is 1.94 bits per heavy atom. The van der Waals surface area contributed by atoms with E-state index in [2.05, 4.69) is 10.0 Å². The summed E-state index contributed by atoms with van der Waals surface area (Å²) in [6.07, 6.45) is 0. The van der Waals surface area contributed by atoms with E-state index in [-0.39, 0.29) is 10.5 Å². The standard InChI is InChI=1S/C12H17N3O2S/c1-10(2)14-7-8-15-18(16,17)12-6-4-3-5-11(12)9-13/h3-6,10,14-15H,7-8H2,1-2H3. The number of nitrogens with zero attached hydrogens (tertiary/aromatic N) is 1. The third-order valence-corrected chi connectivity index (χ3v) is 3.79. The highest BCUT2D eigenvalue weighted by molar-refractivity contribution is 7.89. The first kappa shape index (κ1) is 14.6. The van der Waals surface area contributed by atoms with Crippen LogP contribution in [-0.2, 0) is 10.0 Å². The molecule has 1 rings (SSSR count). The lowest BCUT2D eigenvalue weighted by molar-refractivity contribution is 0.559. The minimum Gasteiger partial charge on any atom is -0.313 e. The zero-order valence-electron chi connectivity index (χ0n) is 10.5. The topological polar surface area (TPSA) is 82.0 Å². The monoisotopic (exact) mass is 267 g/mol. The Morgan fingerprint density at radius 1 is 1.28 bits per heavy atom. The second-order valence-electron chi connectivity index (χ2n) is 4.11. The molecule has 0 unspecified atom stereocenters. The lowest BCUT2D eigenvalue weighted by atomic mass is 10.2. The molecule has 0 saturated heterocycles. The fourth-order valence-electron chi connectivity index (χ4n) is 1.42. The van der Waals surface area contributed by atoms with Crippen molar-refractivity contribution >= 4 is 10.0 Å². The number of hydrogen-bond acceptors (Lipinski definition) is 4. The minimum atomic E-state index is -3.61. The van der Waals surface area contributed by atoms with Gasteiger partial charge in [-0.15, -0.1) is 0 Å². The van der Waals surface area contributed by atoms with Gasteiger partial charge in [-0.25, -0.2) is 13.1 Å². The summed E-state index contributed by atoms with van der Waals surface area (Å²) >= 11 is 0. The van der Waals surface area contributed by atoms with Gasteiger partial charge in [0.05, 0.1) is 10.5 Å². The molecule has 0 spiro atoms. The van der Waals surface area contributed by atoms with E-state index in [1.165, 1.54) is 12.1 Å². The summed E-state index contributed by atoms with van der Waals surface area (Å²) in [7, 11) is -3.61. The van der Waals surface area contributed by atoms with E-state index >= 15 is 0 Å². The molecule has 0 aromatic heterocycles. The SMILES string of the molecule is CC(C)NCCNS(=O)(=O)c1ccccc1C#N. The van der Waals surface area contributed by atoms with E-state index in [1.807, 2.05) is 19.9 Å². The lowest BCUT2D eigenvalue weighted by Crippen LogP contribution is -2.34. The fourth-order valence-corrected chi connectivity index (χ4v) is 2.60. The molecule has 0 bridgehead atoms. The molecule has 0 atom stereocenters. The molecule has 0 aliphatic rings. The molecule has 0 aliphatic heterocycles. The normalized spacial score (nSPS) is 11.4. The number of rotatable bonds is 6. The molecule has 0 heterocycles. The molecule has 5 nitrogen and oxygen atoms in total. The van der Waals surface area contributed by atoms with E-state index < -0.39 is 10.0 Å². The van der Waals surface area contributed by atoms with Crippen LogP contribution in [0, 0.1) is 11.3 Å². The maximum atomic E-state index is 12.0. The Morgan fingerprint density at radius 3 is 2.56 bits per heavy atom. The smallest absolute Gasteiger partial charge is 0.241 e. The highest BCUT2D eigenvalue weighted by atomic mass is 32.2. The zero-order valence-corrected chi connectivity index (χ0v) is 11.3. The zero-order chi connectivity index (χ0) is 13.6. The number of sulfonamides is 1. The van der Waals surface area contributed by atoms with E-state index in [0.717, 1.165) is 0 Å². The van der Waals surface area contributed by atoms with Crippen molar-refractivity contribution in [3.8, 4) is 6.07 Å².